The monoisotopic (exact) mass is 282 g/mol. The molecule has 0 radical (unpaired) electrons. The van der Waals surface area contributed by atoms with E-state index in [2.05, 4.69) is 23.4 Å². The molecular formula is C14H22N2O2S. The molecule has 4 nitrogen and oxygen atoms in total. The Bertz CT molecular complexity index is 452. The lowest BCUT2D eigenvalue weighted by atomic mass is 10.0. The van der Waals surface area contributed by atoms with Crippen molar-refractivity contribution in [3.8, 4) is 0 Å². The van der Waals surface area contributed by atoms with E-state index in [0.717, 1.165) is 18.1 Å². The van der Waals surface area contributed by atoms with Gasteiger partial charge in [0, 0.05) is 18.4 Å². The fraction of sp³-hybridized carbons (Fsp3) is 0.714. The number of aliphatic carboxylic acids is 1. The van der Waals surface area contributed by atoms with Crippen molar-refractivity contribution in [2.24, 2.45) is 5.41 Å². The van der Waals surface area contributed by atoms with Crippen molar-refractivity contribution in [1.82, 2.24) is 9.55 Å². The molecule has 1 N–H and O–H groups in total. The summed E-state index contributed by atoms with van der Waals surface area (Å²) in [5.74, 6) is -0.701. The average Bonchev–Trinajstić information content (AvgIpc) is 3.01. The highest BCUT2D eigenvalue weighted by Crippen LogP contribution is 2.51. The van der Waals surface area contributed by atoms with E-state index in [4.69, 9.17) is 5.11 Å². The minimum atomic E-state index is -0.785. The van der Waals surface area contributed by atoms with E-state index in [-0.39, 0.29) is 5.75 Å². The Morgan fingerprint density at radius 2 is 2.26 bits per heavy atom. The summed E-state index contributed by atoms with van der Waals surface area (Å²) >= 11 is 1.33. The maximum absolute atomic E-state index is 10.7. The summed E-state index contributed by atoms with van der Waals surface area (Å²) in [6, 6.07) is 0. The number of hydrogen-bond acceptors (Lipinski definition) is 3. The van der Waals surface area contributed by atoms with Gasteiger partial charge >= 0.3 is 5.97 Å². The van der Waals surface area contributed by atoms with E-state index >= 15 is 0 Å². The normalized spacial score (nSPS) is 16.5. The molecule has 1 aliphatic rings. The molecule has 1 saturated carbocycles. The molecule has 1 aromatic rings. The number of hydrogen-bond donors (Lipinski definition) is 1. The molecule has 0 bridgehead atoms. The van der Waals surface area contributed by atoms with Crippen LogP contribution < -0.4 is 0 Å². The highest BCUT2D eigenvalue weighted by atomic mass is 32.2. The molecule has 0 atom stereocenters. The number of carboxylic acid groups (broad SMARTS) is 1. The number of aryl methyl sites for hydroxylation is 1. The van der Waals surface area contributed by atoms with Gasteiger partial charge < -0.3 is 9.67 Å². The van der Waals surface area contributed by atoms with Crippen LogP contribution in [-0.2, 0) is 17.8 Å². The maximum atomic E-state index is 10.7. The van der Waals surface area contributed by atoms with Crippen molar-refractivity contribution in [3.63, 3.8) is 0 Å². The number of nitrogens with zero attached hydrogens (tertiary/aromatic N) is 2. The van der Waals surface area contributed by atoms with E-state index < -0.39 is 5.97 Å². The lowest BCUT2D eigenvalue weighted by molar-refractivity contribution is -0.133. The van der Waals surface area contributed by atoms with Gasteiger partial charge in [0.2, 0.25) is 0 Å². The minimum Gasteiger partial charge on any atom is -0.481 e. The number of aromatic nitrogens is 2. The van der Waals surface area contributed by atoms with Crippen LogP contribution in [0.4, 0.5) is 0 Å². The van der Waals surface area contributed by atoms with Crippen LogP contribution in [0.5, 0.6) is 0 Å². The van der Waals surface area contributed by atoms with Crippen molar-refractivity contribution in [2.75, 3.05) is 5.75 Å². The Hall–Kier alpha value is -0.970. The third-order valence-corrected chi connectivity index (χ3v) is 4.79. The van der Waals surface area contributed by atoms with Gasteiger partial charge in [-0.3, -0.25) is 4.79 Å². The summed E-state index contributed by atoms with van der Waals surface area (Å²) in [5, 5.41) is 9.66. The molecule has 0 amide bonds. The fourth-order valence-corrected chi connectivity index (χ4v) is 3.33. The first kappa shape index (κ1) is 14.4. The fourth-order valence-electron chi connectivity index (χ4n) is 2.61. The Labute approximate surface area is 118 Å². The van der Waals surface area contributed by atoms with E-state index in [0.29, 0.717) is 5.41 Å². The third kappa shape index (κ3) is 3.53. The van der Waals surface area contributed by atoms with Gasteiger partial charge in [-0.15, -0.1) is 0 Å². The molecule has 1 aromatic heterocycles. The van der Waals surface area contributed by atoms with Gasteiger partial charge in [-0.25, -0.2) is 4.98 Å². The molecule has 5 heteroatoms. The molecule has 106 valence electrons. The summed E-state index contributed by atoms with van der Waals surface area (Å²) in [5.41, 5.74) is 1.67. The first-order valence-electron chi connectivity index (χ1n) is 6.99. The summed E-state index contributed by atoms with van der Waals surface area (Å²) in [4.78, 5) is 15.1. The first-order valence-corrected chi connectivity index (χ1v) is 7.98. The molecular weight excluding hydrogens is 260 g/mol. The molecule has 0 aromatic carbocycles. The molecule has 0 unspecified atom stereocenters. The first-order chi connectivity index (χ1) is 9.10. The van der Waals surface area contributed by atoms with Gasteiger partial charge in [0.05, 0.1) is 5.75 Å². The minimum absolute atomic E-state index is 0.0843. The lowest BCUT2D eigenvalue weighted by Crippen LogP contribution is -2.15. The summed E-state index contributed by atoms with van der Waals surface area (Å²) in [6.07, 6.45) is 7.91. The van der Waals surface area contributed by atoms with Crippen LogP contribution >= 0.6 is 11.8 Å². The zero-order chi connectivity index (χ0) is 13.9. The number of imidazole rings is 1. The molecule has 2 rings (SSSR count). The Morgan fingerprint density at radius 3 is 2.79 bits per heavy atom. The summed E-state index contributed by atoms with van der Waals surface area (Å²) in [7, 11) is 0. The molecule has 1 fully saturated rings. The van der Waals surface area contributed by atoms with Crippen molar-refractivity contribution >= 4 is 17.7 Å². The third-order valence-electron chi connectivity index (χ3n) is 3.82. The zero-order valence-electron chi connectivity index (χ0n) is 11.7. The van der Waals surface area contributed by atoms with Crippen LogP contribution in [-0.4, -0.2) is 26.4 Å². The standard InChI is InChI=1S/C14H22N2O2S/c1-3-5-14(6-7-14)10-16-11(4-2)8-15-13(16)19-9-12(17)18/h8H,3-7,9-10H2,1-2H3,(H,17,18). The van der Waals surface area contributed by atoms with Gasteiger partial charge in [0.1, 0.15) is 0 Å². The number of thioether (sulfide) groups is 1. The lowest BCUT2D eigenvalue weighted by Gasteiger charge is -2.18. The summed E-state index contributed by atoms with van der Waals surface area (Å²) in [6.45, 7) is 5.36. The molecule has 0 spiro atoms. The average molecular weight is 282 g/mol. The van der Waals surface area contributed by atoms with Gasteiger partial charge in [0.25, 0.3) is 0 Å². The second-order valence-corrected chi connectivity index (χ2v) is 6.35. The topological polar surface area (TPSA) is 55.1 Å². The van der Waals surface area contributed by atoms with E-state index in [1.54, 1.807) is 0 Å². The molecule has 1 heterocycles. The van der Waals surface area contributed by atoms with Crippen LogP contribution in [0.2, 0.25) is 0 Å². The number of rotatable bonds is 8. The van der Waals surface area contributed by atoms with Gasteiger partial charge in [-0.05, 0) is 31.1 Å². The second kappa shape index (κ2) is 5.99. The van der Waals surface area contributed by atoms with Gasteiger partial charge in [-0.2, -0.15) is 0 Å². The van der Waals surface area contributed by atoms with Crippen molar-refractivity contribution < 1.29 is 9.90 Å². The number of carboxylic acids is 1. The number of carbonyl (C=O) groups is 1. The predicted octanol–water partition coefficient (Wildman–Crippen LogP) is 3.20. The Morgan fingerprint density at radius 1 is 1.53 bits per heavy atom. The van der Waals surface area contributed by atoms with Crippen LogP contribution in [0, 0.1) is 5.41 Å². The Kier molecular flexibility index (Phi) is 4.55. The van der Waals surface area contributed by atoms with Crippen LogP contribution in [0.25, 0.3) is 0 Å². The molecule has 0 saturated heterocycles. The highest BCUT2D eigenvalue weighted by molar-refractivity contribution is 7.99. The molecule has 1 aliphatic carbocycles. The van der Waals surface area contributed by atoms with Crippen molar-refractivity contribution in [3.05, 3.63) is 11.9 Å². The second-order valence-electron chi connectivity index (χ2n) is 5.40. The molecule has 0 aliphatic heterocycles. The quantitative estimate of drug-likeness (QED) is 0.744. The maximum Gasteiger partial charge on any atom is 0.313 e. The van der Waals surface area contributed by atoms with Crippen LogP contribution in [0.1, 0.15) is 45.2 Å². The van der Waals surface area contributed by atoms with Crippen molar-refractivity contribution in [1.29, 1.82) is 0 Å². The Balaban J connectivity index is 2.12. The van der Waals surface area contributed by atoms with E-state index in [9.17, 15) is 4.79 Å². The van der Waals surface area contributed by atoms with Crippen molar-refractivity contribution in [2.45, 2.75) is 57.7 Å². The highest BCUT2D eigenvalue weighted by Gasteiger charge is 2.42. The SMILES string of the molecule is CCCC1(Cn2c(CC)cnc2SCC(=O)O)CC1. The van der Waals surface area contributed by atoms with E-state index in [1.165, 1.54) is 43.1 Å². The zero-order valence-corrected chi connectivity index (χ0v) is 12.5. The molecule has 19 heavy (non-hydrogen) atoms. The van der Waals surface area contributed by atoms with Crippen LogP contribution in [0.15, 0.2) is 11.4 Å². The summed E-state index contributed by atoms with van der Waals surface area (Å²) < 4.78 is 2.25. The smallest absolute Gasteiger partial charge is 0.313 e. The van der Waals surface area contributed by atoms with Gasteiger partial charge in [-0.1, -0.05) is 32.0 Å². The predicted molar refractivity (Wildman–Crippen MR) is 76.5 cm³/mol. The van der Waals surface area contributed by atoms with Gasteiger partial charge in [0.15, 0.2) is 5.16 Å². The largest absolute Gasteiger partial charge is 0.481 e. The van der Waals surface area contributed by atoms with Crippen LogP contribution in [0.3, 0.4) is 0 Å². The van der Waals surface area contributed by atoms with E-state index in [1.807, 2.05) is 6.20 Å².